The predicted octanol–water partition coefficient (Wildman–Crippen LogP) is 3.32. The topological polar surface area (TPSA) is 43.4 Å². The van der Waals surface area contributed by atoms with Gasteiger partial charge in [0.1, 0.15) is 0 Å². The van der Waals surface area contributed by atoms with Crippen LogP contribution in [-0.4, -0.2) is 29.6 Å². The molecule has 0 N–H and O–H groups in total. The molecule has 0 saturated carbocycles. The Morgan fingerprint density at radius 3 is 1.88 bits per heavy atom. The second kappa shape index (κ2) is 5.26. The summed E-state index contributed by atoms with van der Waals surface area (Å²) in [5.41, 5.74) is -5.41. The van der Waals surface area contributed by atoms with E-state index < -0.39 is 30.1 Å². The van der Waals surface area contributed by atoms with Gasteiger partial charge in [0.2, 0.25) is 0 Å². The van der Waals surface area contributed by atoms with Gasteiger partial charge in [0, 0.05) is 11.3 Å². The highest BCUT2D eigenvalue weighted by molar-refractivity contribution is 7.67. The van der Waals surface area contributed by atoms with Crippen molar-refractivity contribution < 1.29 is 22.9 Å². The quantitative estimate of drug-likeness (QED) is 0.559. The first-order chi connectivity index (χ1) is 7.12. The van der Waals surface area contributed by atoms with E-state index >= 15 is 0 Å². The Balaban J connectivity index is 5.38. The van der Waals surface area contributed by atoms with Gasteiger partial charge in [-0.1, -0.05) is 27.7 Å². The van der Waals surface area contributed by atoms with E-state index in [0.717, 1.165) is 0 Å². The molecular weight excluding hydrogens is 237 g/mol. The van der Waals surface area contributed by atoms with Crippen LogP contribution < -0.4 is 0 Å². The molecule has 0 aromatic carbocycles. The summed E-state index contributed by atoms with van der Waals surface area (Å²) in [6.07, 6.45) is 0. The summed E-state index contributed by atoms with van der Waals surface area (Å²) in [6.45, 7) is 7.04. The molecule has 0 heterocycles. The van der Waals surface area contributed by atoms with E-state index in [-0.39, 0.29) is 6.61 Å². The lowest BCUT2D eigenvalue weighted by Crippen LogP contribution is -2.36. The molecule has 0 fully saturated rings. The average Bonchev–Trinajstić information content (AvgIpc) is 2.15. The maximum absolute atomic E-state index is 13.8. The molecule has 96 valence electrons. The van der Waals surface area contributed by atoms with E-state index in [0.29, 0.717) is 0 Å². The third-order valence-electron chi connectivity index (χ3n) is 2.49. The zero-order valence-electron chi connectivity index (χ0n) is 10.3. The molecule has 0 amide bonds. The van der Waals surface area contributed by atoms with Crippen molar-refractivity contribution in [3.63, 3.8) is 0 Å². The number of rotatable bonds is 5. The van der Waals surface area contributed by atoms with Crippen molar-refractivity contribution in [1.29, 1.82) is 0 Å². The number of carbonyl (C=O) groups excluding carboxylic acids is 1. The monoisotopic (exact) mass is 256 g/mol. The van der Waals surface area contributed by atoms with Crippen molar-refractivity contribution in [3.05, 3.63) is 0 Å². The van der Waals surface area contributed by atoms with Crippen LogP contribution in [0.3, 0.4) is 0 Å². The lowest BCUT2D eigenvalue weighted by molar-refractivity contribution is -0.160. The fraction of sp³-hybridized carbons (Fsp3) is 0.900. The van der Waals surface area contributed by atoms with E-state index in [2.05, 4.69) is 4.74 Å². The molecular formula is C10H19F2O3P. The Hall–Kier alpha value is -0.440. The molecule has 0 aromatic heterocycles. The molecule has 0 radical (unpaired) electrons. The molecule has 16 heavy (non-hydrogen) atoms. The molecule has 3 nitrogen and oxygen atoms in total. The van der Waals surface area contributed by atoms with Crippen LogP contribution in [0.2, 0.25) is 0 Å². The van der Waals surface area contributed by atoms with Crippen molar-refractivity contribution >= 4 is 13.1 Å². The third kappa shape index (κ3) is 2.45. The first-order valence-electron chi connectivity index (χ1n) is 5.26. The number of alkyl halides is 2. The van der Waals surface area contributed by atoms with Crippen molar-refractivity contribution in [1.82, 2.24) is 0 Å². The number of hydrogen-bond acceptors (Lipinski definition) is 3. The normalized spacial score (nSPS) is 13.3. The molecule has 0 aliphatic carbocycles. The van der Waals surface area contributed by atoms with Crippen molar-refractivity contribution in [2.45, 2.75) is 51.6 Å². The SMILES string of the molecule is CCOC(=O)C(F)(F)P(=O)(C(C)C)C(C)C. The second-order valence-corrected chi connectivity index (χ2v) is 8.20. The number of carbonyl (C=O) groups is 1. The van der Waals surface area contributed by atoms with Crippen molar-refractivity contribution in [3.8, 4) is 0 Å². The van der Waals surface area contributed by atoms with Crippen LogP contribution in [-0.2, 0) is 14.1 Å². The van der Waals surface area contributed by atoms with Gasteiger partial charge < -0.3 is 9.30 Å². The number of halogens is 2. The van der Waals surface area contributed by atoms with Crippen LogP contribution in [0.25, 0.3) is 0 Å². The Labute approximate surface area is 94.9 Å². The van der Waals surface area contributed by atoms with E-state index in [1.807, 2.05) is 0 Å². The van der Waals surface area contributed by atoms with Gasteiger partial charge >= 0.3 is 11.6 Å². The minimum absolute atomic E-state index is 0.148. The van der Waals surface area contributed by atoms with Crippen molar-refractivity contribution in [2.75, 3.05) is 6.61 Å². The predicted molar refractivity (Wildman–Crippen MR) is 59.5 cm³/mol. The molecule has 6 heteroatoms. The zero-order chi connectivity index (χ0) is 13.1. The van der Waals surface area contributed by atoms with Gasteiger partial charge in [-0.05, 0) is 6.92 Å². The fourth-order valence-electron chi connectivity index (χ4n) is 1.61. The number of hydrogen-bond donors (Lipinski definition) is 0. The molecule has 0 unspecified atom stereocenters. The van der Waals surface area contributed by atoms with Crippen LogP contribution in [0.5, 0.6) is 0 Å². The summed E-state index contributed by atoms with van der Waals surface area (Å²) in [7, 11) is -3.96. The molecule has 0 spiro atoms. The maximum Gasteiger partial charge on any atom is 0.392 e. The van der Waals surface area contributed by atoms with E-state index in [4.69, 9.17) is 0 Å². The number of esters is 1. The first-order valence-corrected chi connectivity index (χ1v) is 7.11. The second-order valence-electron chi connectivity index (χ2n) is 4.16. The molecule has 0 aliphatic heterocycles. The first kappa shape index (κ1) is 15.6. The number of ether oxygens (including phenoxy) is 1. The highest BCUT2D eigenvalue weighted by Gasteiger charge is 2.60. The lowest BCUT2D eigenvalue weighted by Gasteiger charge is -2.31. The Morgan fingerprint density at radius 2 is 1.62 bits per heavy atom. The summed E-state index contributed by atoms with van der Waals surface area (Å²) < 4.78 is 44.2. The van der Waals surface area contributed by atoms with Crippen LogP contribution in [0.4, 0.5) is 8.78 Å². The minimum Gasteiger partial charge on any atom is -0.461 e. The lowest BCUT2D eigenvalue weighted by atomic mass is 10.5. The zero-order valence-corrected chi connectivity index (χ0v) is 11.2. The van der Waals surface area contributed by atoms with Gasteiger partial charge in [-0.2, -0.15) is 8.78 Å². The van der Waals surface area contributed by atoms with Crippen LogP contribution >= 0.6 is 7.14 Å². The smallest absolute Gasteiger partial charge is 0.392 e. The Kier molecular flexibility index (Phi) is 5.12. The van der Waals surface area contributed by atoms with Crippen LogP contribution in [0.15, 0.2) is 0 Å². The van der Waals surface area contributed by atoms with Crippen LogP contribution in [0.1, 0.15) is 34.6 Å². The van der Waals surface area contributed by atoms with Crippen LogP contribution in [0, 0.1) is 0 Å². The van der Waals surface area contributed by atoms with Gasteiger partial charge in [-0.25, -0.2) is 4.79 Å². The fourth-order valence-corrected chi connectivity index (χ4v) is 4.45. The summed E-state index contributed by atoms with van der Waals surface area (Å²) in [4.78, 5) is 11.2. The highest BCUT2D eigenvalue weighted by atomic mass is 31.2. The highest BCUT2D eigenvalue weighted by Crippen LogP contribution is 2.66. The summed E-state index contributed by atoms with van der Waals surface area (Å²) in [5, 5.41) is 0. The molecule has 0 saturated heterocycles. The van der Waals surface area contributed by atoms with Gasteiger partial charge in [0.05, 0.1) is 6.61 Å². The Bertz CT molecular complexity index is 288. The van der Waals surface area contributed by atoms with E-state index in [1.165, 1.54) is 34.6 Å². The van der Waals surface area contributed by atoms with E-state index in [9.17, 15) is 18.1 Å². The molecule has 0 aromatic rings. The van der Waals surface area contributed by atoms with Gasteiger partial charge in [-0.15, -0.1) is 0 Å². The third-order valence-corrected chi connectivity index (χ3v) is 6.62. The largest absolute Gasteiger partial charge is 0.461 e. The summed E-state index contributed by atoms with van der Waals surface area (Å²) in [6, 6.07) is 0. The van der Waals surface area contributed by atoms with E-state index in [1.54, 1.807) is 0 Å². The molecule has 0 aliphatic rings. The van der Waals surface area contributed by atoms with Gasteiger partial charge in [-0.3, -0.25) is 0 Å². The van der Waals surface area contributed by atoms with Gasteiger partial charge in [0.25, 0.3) is 0 Å². The van der Waals surface area contributed by atoms with Crippen molar-refractivity contribution in [2.24, 2.45) is 0 Å². The van der Waals surface area contributed by atoms with Gasteiger partial charge in [0.15, 0.2) is 7.14 Å². The molecule has 0 atom stereocenters. The summed E-state index contributed by atoms with van der Waals surface area (Å²) >= 11 is 0. The maximum atomic E-state index is 13.8. The molecule has 0 rings (SSSR count). The average molecular weight is 256 g/mol. The summed E-state index contributed by atoms with van der Waals surface area (Å²) in [5.74, 6) is -1.68. The molecule has 0 bridgehead atoms. The minimum atomic E-state index is -3.96. The standard InChI is InChI=1S/C10H19F2O3P/c1-6-15-9(13)10(11,12)16(14,7(2)3)8(4)5/h7-8H,6H2,1-5H3. The Morgan fingerprint density at radius 1 is 1.25 bits per heavy atom.